The van der Waals surface area contributed by atoms with Crippen molar-refractivity contribution in [3.8, 4) is 0 Å². The molecular formula is C14H18BrNO. The van der Waals surface area contributed by atoms with E-state index in [0.29, 0.717) is 6.04 Å². The van der Waals surface area contributed by atoms with Crippen molar-refractivity contribution >= 4 is 26.9 Å². The fraction of sp³-hybridized carbons (Fsp3) is 0.429. The molecule has 92 valence electrons. The van der Waals surface area contributed by atoms with Crippen LogP contribution >= 0.6 is 15.9 Å². The lowest BCUT2D eigenvalue weighted by molar-refractivity contribution is 0.428. The molecule has 0 saturated carbocycles. The topological polar surface area (TPSA) is 25.2 Å². The summed E-state index contributed by atoms with van der Waals surface area (Å²) in [6.45, 7) is 7.32. The van der Waals surface area contributed by atoms with Crippen LogP contribution in [0.3, 0.4) is 0 Å². The van der Waals surface area contributed by atoms with E-state index < -0.39 is 0 Å². The molecule has 1 atom stereocenters. The lowest BCUT2D eigenvalue weighted by Gasteiger charge is -2.12. The van der Waals surface area contributed by atoms with E-state index in [2.05, 4.69) is 60.2 Å². The summed E-state index contributed by atoms with van der Waals surface area (Å²) in [5.74, 6) is 1.03. The van der Waals surface area contributed by atoms with Gasteiger partial charge in [-0.2, -0.15) is 0 Å². The third-order valence-electron chi connectivity index (χ3n) is 2.99. The molecule has 0 amide bonds. The molecule has 2 aromatic rings. The van der Waals surface area contributed by atoms with Crippen molar-refractivity contribution in [3.05, 3.63) is 34.0 Å². The van der Waals surface area contributed by atoms with Crippen LogP contribution < -0.4 is 5.32 Å². The molecule has 0 aliphatic heterocycles. The molecule has 0 bridgehead atoms. The van der Waals surface area contributed by atoms with Crippen LogP contribution in [0.4, 0.5) is 0 Å². The van der Waals surface area contributed by atoms with Crippen LogP contribution in [0.1, 0.15) is 37.6 Å². The van der Waals surface area contributed by atoms with Gasteiger partial charge in [-0.3, -0.25) is 0 Å². The highest BCUT2D eigenvalue weighted by Gasteiger charge is 2.14. The van der Waals surface area contributed by atoms with Gasteiger partial charge in [0, 0.05) is 9.86 Å². The summed E-state index contributed by atoms with van der Waals surface area (Å²) in [5.41, 5.74) is 2.17. The SMILES string of the molecule is CCNC(CC)c1cc2cc(Br)cc(C)c2o1. The van der Waals surface area contributed by atoms with Gasteiger partial charge >= 0.3 is 0 Å². The Morgan fingerprint density at radius 2 is 2.06 bits per heavy atom. The highest BCUT2D eigenvalue weighted by atomic mass is 79.9. The number of nitrogens with one attached hydrogen (secondary N) is 1. The second-order valence-corrected chi connectivity index (χ2v) is 5.22. The van der Waals surface area contributed by atoms with Crippen molar-refractivity contribution in [2.45, 2.75) is 33.2 Å². The summed E-state index contributed by atoms with van der Waals surface area (Å²) in [6.07, 6.45) is 1.04. The lowest BCUT2D eigenvalue weighted by Crippen LogP contribution is -2.19. The van der Waals surface area contributed by atoms with Gasteiger partial charge in [0.15, 0.2) is 0 Å². The first kappa shape index (κ1) is 12.7. The maximum absolute atomic E-state index is 5.98. The maximum atomic E-state index is 5.98. The van der Waals surface area contributed by atoms with Gasteiger partial charge in [0.1, 0.15) is 11.3 Å². The number of furan rings is 1. The van der Waals surface area contributed by atoms with Gasteiger partial charge in [-0.15, -0.1) is 0 Å². The number of fused-ring (bicyclic) bond motifs is 1. The summed E-state index contributed by atoms with van der Waals surface area (Å²) in [7, 11) is 0. The molecule has 0 aliphatic carbocycles. The predicted molar refractivity (Wildman–Crippen MR) is 75.4 cm³/mol. The van der Waals surface area contributed by atoms with E-state index >= 15 is 0 Å². The smallest absolute Gasteiger partial charge is 0.137 e. The van der Waals surface area contributed by atoms with Gasteiger partial charge in [-0.25, -0.2) is 0 Å². The second kappa shape index (κ2) is 5.23. The lowest BCUT2D eigenvalue weighted by atomic mass is 10.1. The van der Waals surface area contributed by atoms with Crippen molar-refractivity contribution in [2.75, 3.05) is 6.54 Å². The number of benzene rings is 1. The van der Waals surface area contributed by atoms with E-state index in [1.54, 1.807) is 0 Å². The summed E-state index contributed by atoms with van der Waals surface area (Å²) in [4.78, 5) is 0. The molecule has 0 spiro atoms. The molecule has 1 unspecified atom stereocenters. The molecule has 2 rings (SSSR count). The number of aryl methyl sites for hydroxylation is 1. The quantitative estimate of drug-likeness (QED) is 0.894. The molecule has 1 aromatic heterocycles. The molecule has 0 saturated heterocycles. The van der Waals surface area contributed by atoms with Gasteiger partial charge in [-0.05, 0) is 43.7 Å². The predicted octanol–water partition coefficient (Wildman–Crippen LogP) is 4.56. The molecule has 1 N–H and O–H groups in total. The van der Waals surface area contributed by atoms with Crippen LogP contribution in [0.2, 0.25) is 0 Å². The minimum atomic E-state index is 0.311. The fourth-order valence-corrected chi connectivity index (χ4v) is 2.76. The zero-order chi connectivity index (χ0) is 12.4. The van der Waals surface area contributed by atoms with E-state index in [1.807, 2.05) is 0 Å². The molecule has 0 radical (unpaired) electrons. The Morgan fingerprint density at radius 3 is 2.71 bits per heavy atom. The Bertz CT molecular complexity index is 518. The first-order chi connectivity index (χ1) is 8.15. The number of rotatable bonds is 4. The van der Waals surface area contributed by atoms with E-state index in [1.165, 1.54) is 10.9 Å². The number of hydrogen-bond acceptors (Lipinski definition) is 2. The third kappa shape index (κ3) is 2.55. The standard InChI is InChI=1S/C14H18BrNO/c1-4-12(16-5-2)13-8-10-7-11(15)6-9(3)14(10)17-13/h6-8,12,16H,4-5H2,1-3H3. The van der Waals surface area contributed by atoms with Crippen LogP contribution in [0.5, 0.6) is 0 Å². The van der Waals surface area contributed by atoms with Gasteiger partial charge in [0.25, 0.3) is 0 Å². The molecule has 0 fully saturated rings. The summed E-state index contributed by atoms with van der Waals surface area (Å²) < 4.78 is 7.08. The van der Waals surface area contributed by atoms with Crippen LogP contribution in [-0.2, 0) is 0 Å². The average Bonchev–Trinajstić information content (AvgIpc) is 2.69. The van der Waals surface area contributed by atoms with Crippen LogP contribution in [0, 0.1) is 6.92 Å². The molecule has 1 aromatic carbocycles. The van der Waals surface area contributed by atoms with E-state index in [4.69, 9.17) is 4.42 Å². The zero-order valence-corrected chi connectivity index (χ0v) is 12.1. The normalized spacial score (nSPS) is 13.2. The second-order valence-electron chi connectivity index (χ2n) is 4.31. The van der Waals surface area contributed by atoms with Crippen molar-refractivity contribution in [3.63, 3.8) is 0 Å². The molecule has 3 heteroatoms. The largest absolute Gasteiger partial charge is 0.459 e. The highest BCUT2D eigenvalue weighted by Crippen LogP contribution is 2.30. The summed E-state index contributed by atoms with van der Waals surface area (Å²) in [6, 6.07) is 6.65. The zero-order valence-electron chi connectivity index (χ0n) is 10.5. The Labute approximate surface area is 111 Å². The summed E-state index contributed by atoms with van der Waals surface area (Å²) >= 11 is 3.52. The van der Waals surface area contributed by atoms with Crippen molar-refractivity contribution < 1.29 is 4.42 Å². The monoisotopic (exact) mass is 295 g/mol. The van der Waals surface area contributed by atoms with Gasteiger partial charge in [-0.1, -0.05) is 29.8 Å². The first-order valence-corrected chi connectivity index (χ1v) is 6.88. The molecular weight excluding hydrogens is 278 g/mol. The van der Waals surface area contributed by atoms with Crippen LogP contribution in [0.15, 0.2) is 27.1 Å². The fourth-order valence-electron chi connectivity index (χ4n) is 2.17. The Balaban J connectivity index is 2.46. The first-order valence-electron chi connectivity index (χ1n) is 6.08. The average molecular weight is 296 g/mol. The van der Waals surface area contributed by atoms with E-state index in [-0.39, 0.29) is 0 Å². The molecule has 2 nitrogen and oxygen atoms in total. The molecule has 17 heavy (non-hydrogen) atoms. The Hall–Kier alpha value is -0.800. The van der Waals surface area contributed by atoms with Gasteiger partial charge in [0.2, 0.25) is 0 Å². The molecule has 0 aliphatic rings. The van der Waals surface area contributed by atoms with Crippen molar-refractivity contribution in [1.82, 2.24) is 5.32 Å². The Morgan fingerprint density at radius 1 is 1.29 bits per heavy atom. The van der Waals surface area contributed by atoms with Crippen molar-refractivity contribution in [1.29, 1.82) is 0 Å². The van der Waals surface area contributed by atoms with E-state index in [0.717, 1.165) is 28.8 Å². The third-order valence-corrected chi connectivity index (χ3v) is 3.45. The minimum Gasteiger partial charge on any atom is -0.459 e. The van der Waals surface area contributed by atoms with Gasteiger partial charge in [0.05, 0.1) is 6.04 Å². The highest BCUT2D eigenvalue weighted by molar-refractivity contribution is 9.10. The molecule has 1 heterocycles. The van der Waals surface area contributed by atoms with Crippen LogP contribution in [0.25, 0.3) is 11.0 Å². The van der Waals surface area contributed by atoms with Gasteiger partial charge < -0.3 is 9.73 Å². The van der Waals surface area contributed by atoms with Crippen LogP contribution in [-0.4, -0.2) is 6.54 Å². The van der Waals surface area contributed by atoms with Crippen molar-refractivity contribution in [2.24, 2.45) is 0 Å². The van der Waals surface area contributed by atoms with E-state index in [9.17, 15) is 0 Å². The summed E-state index contributed by atoms with van der Waals surface area (Å²) in [5, 5.41) is 4.61. The Kier molecular flexibility index (Phi) is 3.89. The maximum Gasteiger partial charge on any atom is 0.137 e. The number of hydrogen-bond donors (Lipinski definition) is 1. The number of halogens is 1. The minimum absolute atomic E-state index is 0.311.